The van der Waals surface area contributed by atoms with Gasteiger partial charge >= 0.3 is 0 Å². The van der Waals surface area contributed by atoms with E-state index in [1.54, 1.807) is 0 Å². The standard InChI is InChI=1S/C16H24O3/c1-13-7-5-8-14(2)16(13)19-12-6-11-18-15-9-3-4-10-17-15/h5,7-8,15H,3-4,6,9-12H2,1-2H3/t15-/m1/s1. The molecular weight excluding hydrogens is 240 g/mol. The Morgan fingerprint density at radius 1 is 1.16 bits per heavy atom. The van der Waals surface area contributed by atoms with Crippen molar-refractivity contribution in [3.8, 4) is 5.75 Å². The second-order valence-corrected chi connectivity index (χ2v) is 5.09. The van der Waals surface area contributed by atoms with Gasteiger partial charge in [0.15, 0.2) is 6.29 Å². The Hall–Kier alpha value is -1.06. The van der Waals surface area contributed by atoms with E-state index >= 15 is 0 Å². The monoisotopic (exact) mass is 264 g/mol. The van der Waals surface area contributed by atoms with Gasteiger partial charge in [-0.1, -0.05) is 18.2 Å². The second-order valence-electron chi connectivity index (χ2n) is 5.09. The highest BCUT2D eigenvalue weighted by molar-refractivity contribution is 5.39. The van der Waals surface area contributed by atoms with E-state index in [1.807, 2.05) is 0 Å². The molecule has 1 heterocycles. The number of benzene rings is 1. The number of para-hydroxylation sites is 1. The maximum absolute atomic E-state index is 5.84. The van der Waals surface area contributed by atoms with E-state index in [0.29, 0.717) is 13.2 Å². The third kappa shape index (κ3) is 4.51. The molecule has 3 heteroatoms. The molecule has 1 atom stereocenters. The minimum Gasteiger partial charge on any atom is -0.493 e. The Bertz CT molecular complexity index is 363. The first-order valence-electron chi connectivity index (χ1n) is 7.19. The van der Waals surface area contributed by atoms with Gasteiger partial charge in [0.1, 0.15) is 5.75 Å². The van der Waals surface area contributed by atoms with Crippen LogP contribution in [0, 0.1) is 13.8 Å². The zero-order valence-corrected chi connectivity index (χ0v) is 12.0. The summed E-state index contributed by atoms with van der Waals surface area (Å²) < 4.78 is 17.0. The van der Waals surface area contributed by atoms with Gasteiger partial charge in [0, 0.05) is 13.0 Å². The summed E-state index contributed by atoms with van der Waals surface area (Å²) in [6.45, 7) is 6.39. The van der Waals surface area contributed by atoms with Crippen LogP contribution in [0.1, 0.15) is 36.8 Å². The molecule has 0 bridgehead atoms. The third-order valence-corrected chi connectivity index (χ3v) is 3.39. The molecule has 1 aromatic carbocycles. The van der Waals surface area contributed by atoms with Crippen LogP contribution in [0.3, 0.4) is 0 Å². The molecule has 0 saturated carbocycles. The summed E-state index contributed by atoms with van der Waals surface area (Å²) in [6.07, 6.45) is 4.30. The van der Waals surface area contributed by atoms with E-state index in [1.165, 1.54) is 17.5 Å². The van der Waals surface area contributed by atoms with Crippen LogP contribution in [0.4, 0.5) is 0 Å². The van der Waals surface area contributed by atoms with Crippen molar-refractivity contribution >= 4 is 0 Å². The summed E-state index contributed by atoms with van der Waals surface area (Å²) in [7, 11) is 0. The molecule has 1 aliphatic heterocycles. The molecule has 0 unspecified atom stereocenters. The van der Waals surface area contributed by atoms with Gasteiger partial charge < -0.3 is 14.2 Å². The van der Waals surface area contributed by atoms with E-state index in [-0.39, 0.29) is 6.29 Å². The van der Waals surface area contributed by atoms with Crippen molar-refractivity contribution in [1.82, 2.24) is 0 Å². The maximum Gasteiger partial charge on any atom is 0.157 e. The maximum atomic E-state index is 5.84. The normalized spacial score (nSPS) is 19.4. The number of hydrogen-bond acceptors (Lipinski definition) is 3. The van der Waals surface area contributed by atoms with Crippen LogP contribution in [0.5, 0.6) is 5.75 Å². The molecule has 1 aliphatic rings. The smallest absolute Gasteiger partial charge is 0.157 e. The SMILES string of the molecule is Cc1cccc(C)c1OCCCO[C@@H]1CCCCO1. The van der Waals surface area contributed by atoms with Crippen molar-refractivity contribution in [2.45, 2.75) is 45.8 Å². The van der Waals surface area contributed by atoms with E-state index in [4.69, 9.17) is 14.2 Å². The molecule has 1 fully saturated rings. The molecule has 0 N–H and O–H groups in total. The van der Waals surface area contributed by atoms with Crippen LogP contribution in [-0.2, 0) is 9.47 Å². The fraction of sp³-hybridized carbons (Fsp3) is 0.625. The van der Waals surface area contributed by atoms with Crippen molar-refractivity contribution < 1.29 is 14.2 Å². The second kappa shape index (κ2) is 7.51. The number of aryl methyl sites for hydroxylation is 2. The molecule has 1 saturated heterocycles. The average Bonchev–Trinajstić information content (AvgIpc) is 2.42. The summed E-state index contributed by atoms with van der Waals surface area (Å²) in [4.78, 5) is 0. The molecule has 3 nitrogen and oxygen atoms in total. The van der Waals surface area contributed by atoms with Crippen LogP contribution in [-0.4, -0.2) is 26.1 Å². The Kier molecular flexibility index (Phi) is 5.67. The van der Waals surface area contributed by atoms with Gasteiger partial charge in [0.05, 0.1) is 13.2 Å². The number of rotatable bonds is 6. The highest BCUT2D eigenvalue weighted by Gasteiger charge is 2.13. The van der Waals surface area contributed by atoms with Gasteiger partial charge in [-0.15, -0.1) is 0 Å². The van der Waals surface area contributed by atoms with Crippen LogP contribution in [0.25, 0.3) is 0 Å². The average molecular weight is 264 g/mol. The van der Waals surface area contributed by atoms with Crippen molar-refractivity contribution in [1.29, 1.82) is 0 Å². The summed E-state index contributed by atoms with van der Waals surface area (Å²) in [5.74, 6) is 1.01. The van der Waals surface area contributed by atoms with Crippen molar-refractivity contribution in [2.24, 2.45) is 0 Å². The Labute approximate surface area is 115 Å². The molecule has 1 aromatic rings. The molecule has 0 aromatic heterocycles. The van der Waals surface area contributed by atoms with Crippen LogP contribution >= 0.6 is 0 Å². The summed E-state index contributed by atoms with van der Waals surface area (Å²) in [6, 6.07) is 6.21. The first kappa shape index (κ1) is 14.4. The topological polar surface area (TPSA) is 27.7 Å². The lowest BCUT2D eigenvalue weighted by Gasteiger charge is -2.22. The van der Waals surface area contributed by atoms with Crippen LogP contribution in [0.15, 0.2) is 18.2 Å². The lowest BCUT2D eigenvalue weighted by Crippen LogP contribution is -2.23. The Morgan fingerprint density at radius 3 is 2.63 bits per heavy atom. The van der Waals surface area contributed by atoms with E-state index < -0.39 is 0 Å². The molecule has 0 spiro atoms. The van der Waals surface area contributed by atoms with Gasteiger partial charge in [0.25, 0.3) is 0 Å². The van der Waals surface area contributed by atoms with Crippen molar-refractivity contribution in [3.63, 3.8) is 0 Å². The molecule has 0 aliphatic carbocycles. The molecule has 0 radical (unpaired) electrons. The zero-order chi connectivity index (χ0) is 13.5. The lowest BCUT2D eigenvalue weighted by atomic mass is 10.1. The zero-order valence-electron chi connectivity index (χ0n) is 12.0. The minimum absolute atomic E-state index is 0.00828. The molecular formula is C16H24O3. The third-order valence-electron chi connectivity index (χ3n) is 3.39. The van der Waals surface area contributed by atoms with Crippen molar-refractivity contribution in [2.75, 3.05) is 19.8 Å². The molecule has 19 heavy (non-hydrogen) atoms. The largest absolute Gasteiger partial charge is 0.493 e. The number of hydrogen-bond donors (Lipinski definition) is 0. The molecule has 2 rings (SSSR count). The van der Waals surface area contributed by atoms with Gasteiger partial charge in [-0.3, -0.25) is 0 Å². The lowest BCUT2D eigenvalue weighted by molar-refractivity contribution is -0.163. The Balaban J connectivity index is 1.63. The van der Waals surface area contributed by atoms with E-state index in [2.05, 4.69) is 32.0 Å². The fourth-order valence-electron chi connectivity index (χ4n) is 2.32. The highest BCUT2D eigenvalue weighted by atomic mass is 16.7. The van der Waals surface area contributed by atoms with Gasteiger partial charge in [0.2, 0.25) is 0 Å². The summed E-state index contributed by atoms with van der Waals surface area (Å²) in [5.41, 5.74) is 2.38. The predicted octanol–water partition coefficient (Wildman–Crippen LogP) is 3.62. The summed E-state index contributed by atoms with van der Waals surface area (Å²) in [5, 5.41) is 0. The first-order chi connectivity index (χ1) is 9.27. The Morgan fingerprint density at radius 2 is 1.95 bits per heavy atom. The van der Waals surface area contributed by atoms with Gasteiger partial charge in [-0.05, 0) is 44.2 Å². The number of ether oxygens (including phenoxy) is 3. The predicted molar refractivity (Wildman–Crippen MR) is 75.6 cm³/mol. The quantitative estimate of drug-likeness (QED) is 0.735. The minimum atomic E-state index is 0.00828. The van der Waals surface area contributed by atoms with E-state index in [0.717, 1.165) is 31.6 Å². The molecule has 106 valence electrons. The van der Waals surface area contributed by atoms with E-state index in [9.17, 15) is 0 Å². The van der Waals surface area contributed by atoms with Gasteiger partial charge in [-0.2, -0.15) is 0 Å². The van der Waals surface area contributed by atoms with Crippen LogP contribution in [0.2, 0.25) is 0 Å². The summed E-state index contributed by atoms with van der Waals surface area (Å²) >= 11 is 0. The van der Waals surface area contributed by atoms with Crippen LogP contribution < -0.4 is 4.74 Å². The molecule has 0 amide bonds. The van der Waals surface area contributed by atoms with Gasteiger partial charge in [-0.25, -0.2) is 0 Å². The van der Waals surface area contributed by atoms with Crippen molar-refractivity contribution in [3.05, 3.63) is 29.3 Å². The fourth-order valence-corrected chi connectivity index (χ4v) is 2.32. The first-order valence-corrected chi connectivity index (χ1v) is 7.19. The highest BCUT2D eigenvalue weighted by Crippen LogP contribution is 2.22.